The highest BCUT2D eigenvalue weighted by atomic mass is 35.5. The van der Waals surface area contributed by atoms with Gasteiger partial charge in [-0.25, -0.2) is 14.8 Å². The number of H-pyrrole nitrogens is 1. The number of aromatic amines is 1. The van der Waals surface area contributed by atoms with Crippen LogP contribution in [0.2, 0.25) is 5.02 Å². The average molecular weight is 545 g/mol. The highest BCUT2D eigenvalue weighted by molar-refractivity contribution is 6.33. The van der Waals surface area contributed by atoms with Crippen LogP contribution in [0.3, 0.4) is 0 Å². The number of anilines is 1. The summed E-state index contributed by atoms with van der Waals surface area (Å²) in [6.07, 6.45) is 9.27. The molecule has 0 bridgehead atoms. The van der Waals surface area contributed by atoms with E-state index in [2.05, 4.69) is 36.3 Å². The molecule has 2 aliphatic heterocycles. The lowest BCUT2D eigenvalue weighted by Crippen LogP contribution is -2.66. The molecular weight excluding hydrogens is 516 g/mol. The first-order valence-corrected chi connectivity index (χ1v) is 13.4. The number of aromatic nitrogens is 5. The fourth-order valence-electron chi connectivity index (χ4n) is 5.76. The van der Waals surface area contributed by atoms with Gasteiger partial charge in [0.15, 0.2) is 0 Å². The van der Waals surface area contributed by atoms with Crippen molar-refractivity contribution in [3.63, 3.8) is 0 Å². The number of hydrogen-bond donors (Lipinski definition) is 3. The number of nitriles is 1. The van der Waals surface area contributed by atoms with Gasteiger partial charge in [-0.1, -0.05) is 23.7 Å². The van der Waals surface area contributed by atoms with Gasteiger partial charge in [-0.05, 0) is 30.5 Å². The van der Waals surface area contributed by atoms with Gasteiger partial charge < -0.3 is 20.9 Å². The molecule has 4 N–H and O–H groups in total. The summed E-state index contributed by atoms with van der Waals surface area (Å²) in [5.74, 6) is 0. The van der Waals surface area contributed by atoms with E-state index in [4.69, 9.17) is 17.3 Å². The van der Waals surface area contributed by atoms with Crippen LogP contribution in [0, 0.1) is 11.3 Å². The predicted octanol–water partition coefficient (Wildman–Crippen LogP) is 3.55. The van der Waals surface area contributed by atoms with Crippen LogP contribution in [0.1, 0.15) is 24.8 Å². The Kier molecular flexibility index (Phi) is 6.68. The number of carbonyl (C=O) groups is 1. The van der Waals surface area contributed by atoms with Crippen LogP contribution in [0.4, 0.5) is 10.5 Å². The number of urea groups is 1. The summed E-state index contributed by atoms with van der Waals surface area (Å²) in [5, 5.41) is 18.7. The number of nitrogens with one attached hydrogen (secondary N) is 2. The second kappa shape index (κ2) is 10.3. The second-order valence-corrected chi connectivity index (χ2v) is 10.6. The summed E-state index contributed by atoms with van der Waals surface area (Å²) < 4.78 is 1.93. The van der Waals surface area contributed by atoms with Gasteiger partial charge in [0.05, 0.1) is 35.1 Å². The van der Waals surface area contributed by atoms with E-state index in [1.807, 2.05) is 46.4 Å². The highest BCUT2D eigenvalue weighted by Crippen LogP contribution is 2.37. The molecule has 0 spiro atoms. The zero-order valence-corrected chi connectivity index (χ0v) is 22.1. The van der Waals surface area contributed by atoms with Crippen molar-refractivity contribution in [3.05, 3.63) is 59.8 Å². The lowest BCUT2D eigenvalue weighted by atomic mass is 9.84. The SMILES string of the molecule is N#CCC1(n2cc(-c3ncnc4[nH]ccc34)cn2)CN(C2CCN(C(=O)Nc3c(Cl)cccc3CN)CC2)C1. The zero-order chi connectivity index (χ0) is 27.0. The first-order chi connectivity index (χ1) is 19.0. The molecule has 11 nitrogen and oxygen atoms in total. The summed E-state index contributed by atoms with van der Waals surface area (Å²) in [5.41, 5.74) is 9.31. The van der Waals surface area contributed by atoms with Gasteiger partial charge in [-0.15, -0.1) is 0 Å². The summed E-state index contributed by atoms with van der Waals surface area (Å²) in [6, 6.07) is 9.94. The van der Waals surface area contributed by atoms with E-state index in [0.29, 0.717) is 42.8 Å². The maximum absolute atomic E-state index is 12.9. The van der Waals surface area contributed by atoms with Gasteiger partial charge in [0.25, 0.3) is 0 Å². The standard InChI is InChI=1S/C27H29ClN10O/c28-22-3-1-2-18(12-30)24(22)35-26(39)36-10-5-20(6-11-36)37-15-27(16-37,7-8-29)38-14-19(13-34-38)23-21-4-9-31-25(21)33-17-32-23/h1-4,9,13-14,17,20H,5-7,10-12,15-16,30H2,(H,35,39)(H,31,32,33). The number of hydrogen-bond acceptors (Lipinski definition) is 7. The number of amides is 2. The normalized spacial score (nSPS) is 17.6. The van der Waals surface area contributed by atoms with E-state index < -0.39 is 0 Å². The van der Waals surface area contributed by atoms with Crippen molar-refractivity contribution in [3.8, 4) is 17.3 Å². The van der Waals surface area contributed by atoms with E-state index in [-0.39, 0.29) is 11.6 Å². The number of para-hydroxylation sites is 1. The van der Waals surface area contributed by atoms with E-state index in [0.717, 1.165) is 53.8 Å². The molecule has 200 valence electrons. The molecule has 2 aliphatic rings. The average Bonchev–Trinajstić information content (AvgIpc) is 3.62. The lowest BCUT2D eigenvalue weighted by molar-refractivity contribution is -0.0399. The van der Waals surface area contributed by atoms with Gasteiger partial charge in [-0.2, -0.15) is 10.4 Å². The minimum absolute atomic E-state index is 0.163. The van der Waals surface area contributed by atoms with Crippen LogP contribution in [0.5, 0.6) is 0 Å². The quantitative estimate of drug-likeness (QED) is 0.336. The molecule has 4 aromatic rings. The third kappa shape index (κ3) is 4.61. The molecular formula is C27H29ClN10O. The Morgan fingerprint density at radius 3 is 2.85 bits per heavy atom. The summed E-state index contributed by atoms with van der Waals surface area (Å²) in [4.78, 5) is 29.0. The van der Waals surface area contributed by atoms with Crippen LogP contribution in [0.15, 0.2) is 49.2 Å². The first kappa shape index (κ1) is 25.3. The number of benzene rings is 1. The molecule has 3 aromatic heterocycles. The second-order valence-electron chi connectivity index (χ2n) is 10.2. The topological polar surface area (TPSA) is 145 Å². The van der Waals surface area contributed by atoms with Crippen molar-refractivity contribution >= 4 is 34.4 Å². The number of fused-ring (bicyclic) bond motifs is 1. The molecule has 12 heteroatoms. The Morgan fingerprint density at radius 2 is 2.08 bits per heavy atom. The van der Waals surface area contributed by atoms with Gasteiger partial charge in [0, 0.05) is 62.1 Å². The van der Waals surface area contributed by atoms with E-state index >= 15 is 0 Å². The van der Waals surface area contributed by atoms with Crippen molar-refractivity contribution in [1.29, 1.82) is 5.26 Å². The number of rotatable bonds is 6. The summed E-state index contributed by atoms with van der Waals surface area (Å²) in [7, 11) is 0. The van der Waals surface area contributed by atoms with Crippen LogP contribution >= 0.6 is 11.6 Å². The van der Waals surface area contributed by atoms with Gasteiger partial charge >= 0.3 is 6.03 Å². The molecule has 0 unspecified atom stereocenters. The number of carbonyl (C=O) groups excluding carboxylic acids is 1. The molecule has 2 amide bonds. The Balaban J connectivity index is 1.09. The minimum atomic E-state index is -0.380. The Bertz CT molecular complexity index is 1540. The molecule has 1 aromatic carbocycles. The molecule has 5 heterocycles. The van der Waals surface area contributed by atoms with Crippen LogP contribution in [-0.4, -0.2) is 72.8 Å². The number of nitrogens with two attached hydrogens (primary N) is 1. The van der Waals surface area contributed by atoms with Crippen molar-refractivity contribution in [2.75, 3.05) is 31.5 Å². The lowest BCUT2D eigenvalue weighted by Gasteiger charge is -2.53. The van der Waals surface area contributed by atoms with Crippen molar-refractivity contribution in [1.82, 2.24) is 34.5 Å². The molecule has 0 aliphatic carbocycles. The molecule has 2 saturated heterocycles. The first-order valence-electron chi connectivity index (χ1n) is 13.0. The van der Waals surface area contributed by atoms with Crippen LogP contribution < -0.4 is 11.1 Å². The Labute approximate surface area is 230 Å². The van der Waals surface area contributed by atoms with Crippen molar-refractivity contribution < 1.29 is 4.79 Å². The van der Waals surface area contributed by atoms with E-state index in [1.54, 1.807) is 12.4 Å². The Morgan fingerprint density at radius 1 is 1.26 bits per heavy atom. The fourth-order valence-corrected chi connectivity index (χ4v) is 6.00. The number of piperidine rings is 1. The predicted molar refractivity (Wildman–Crippen MR) is 148 cm³/mol. The molecule has 0 saturated carbocycles. The van der Waals surface area contributed by atoms with Gasteiger partial charge in [0.1, 0.15) is 17.5 Å². The van der Waals surface area contributed by atoms with Crippen LogP contribution in [0.25, 0.3) is 22.3 Å². The number of halogens is 1. The minimum Gasteiger partial charge on any atom is -0.346 e. The largest absolute Gasteiger partial charge is 0.346 e. The van der Waals surface area contributed by atoms with E-state index in [1.165, 1.54) is 0 Å². The molecule has 6 rings (SSSR count). The van der Waals surface area contributed by atoms with Crippen LogP contribution in [-0.2, 0) is 12.1 Å². The smallest absolute Gasteiger partial charge is 0.321 e. The zero-order valence-electron chi connectivity index (χ0n) is 21.3. The maximum atomic E-state index is 12.9. The van der Waals surface area contributed by atoms with Crippen molar-refractivity contribution in [2.45, 2.75) is 37.4 Å². The third-order valence-corrected chi connectivity index (χ3v) is 8.23. The highest BCUT2D eigenvalue weighted by Gasteiger charge is 2.48. The monoisotopic (exact) mass is 544 g/mol. The maximum Gasteiger partial charge on any atom is 0.321 e. The molecule has 0 radical (unpaired) electrons. The molecule has 39 heavy (non-hydrogen) atoms. The van der Waals surface area contributed by atoms with Gasteiger partial charge in [0.2, 0.25) is 0 Å². The van der Waals surface area contributed by atoms with Gasteiger partial charge in [-0.3, -0.25) is 9.58 Å². The number of nitrogens with zero attached hydrogens (tertiary/aromatic N) is 7. The van der Waals surface area contributed by atoms with Crippen molar-refractivity contribution in [2.24, 2.45) is 5.73 Å². The number of likely N-dealkylation sites (tertiary alicyclic amines) is 2. The fraction of sp³-hybridized carbons (Fsp3) is 0.370. The molecule has 0 atom stereocenters. The Hall–Kier alpha value is -3.98. The summed E-state index contributed by atoms with van der Waals surface area (Å²) >= 11 is 6.31. The summed E-state index contributed by atoms with van der Waals surface area (Å²) in [6.45, 7) is 3.06. The third-order valence-electron chi connectivity index (χ3n) is 7.92. The molecule has 2 fully saturated rings. The van der Waals surface area contributed by atoms with E-state index in [9.17, 15) is 10.1 Å².